The molecule has 1 unspecified atom stereocenters. The number of rotatable bonds is 3. The largest absolute Gasteiger partial charge is 0.271 e. The standard InChI is InChI=1S/C12H18F2N2/c1-12(2,3)9-6-4-8(5-7-9)10(16-15)11(13)14/h4-7,10-11,16H,15H2,1-3H3. The monoisotopic (exact) mass is 228 g/mol. The molecule has 0 saturated carbocycles. The van der Waals surface area contributed by atoms with E-state index < -0.39 is 12.5 Å². The number of hydrazine groups is 1. The SMILES string of the molecule is CC(C)(C)c1ccc(C(NN)C(F)F)cc1. The molecule has 16 heavy (non-hydrogen) atoms. The molecule has 2 nitrogen and oxygen atoms in total. The molecule has 0 saturated heterocycles. The smallest absolute Gasteiger partial charge is 0.259 e. The van der Waals surface area contributed by atoms with Crippen LogP contribution in [0.15, 0.2) is 24.3 Å². The van der Waals surface area contributed by atoms with E-state index in [0.29, 0.717) is 5.56 Å². The molecule has 4 heteroatoms. The zero-order chi connectivity index (χ0) is 12.3. The summed E-state index contributed by atoms with van der Waals surface area (Å²) in [5, 5.41) is 0. The lowest BCUT2D eigenvalue weighted by Gasteiger charge is -2.21. The van der Waals surface area contributed by atoms with Gasteiger partial charge in [0.05, 0.1) is 0 Å². The number of nitrogens with two attached hydrogens (primary N) is 1. The summed E-state index contributed by atoms with van der Waals surface area (Å²) >= 11 is 0. The second-order valence-corrected chi connectivity index (χ2v) is 4.85. The van der Waals surface area contributed by atoms with Gasteiger partial charge in [0.2, 0.25) is 0 Å². The van der Waals surface area contributed by atoms with E-state index in [9.17, 15) is 8.78 Å². The predicted molar refractivity (Wildman–Crippen MR) is 61.2 cm³/mol. The van der Waals surface area contributed by atoms with Crippen LogP contribution in [0.25, 0.3) is 0 Å². The van der Waals surface area contributed by atoms with Gasteiger partial charge in [0.15, 0.2) is 0 Å². The summed E-state index contributed by atoms with van der Waals surface area (Å²) in [6.45, 7) is 6.23. The average Bonchev–Trinajstić information content (AvgIpc) is 2.17. The van der Waals surface area contributed by atoms with E-state index in [0.717, 1.165) is 5.56 Å². The lowest BCUT2D eigenvalue weighted by Crippen LogP contribution is -2.32. The van der Waals surface area contributed by atoms with Crippen LogP contribution in [-0.2, 0) is 5.41 Å². The van der Waals surface area contributed by atoms with Crippen LogP contribution in [-0.4, -0.2) is 6.43 Å². The van der Waals surface area contributed by atoms with Crippen LogP contribution in [0.2, 0.25) is 0 Å². The zero-order valence-corrected chi connectivity index (χ0v) is 9.80. The van der Waals surface area contributed by atoms with Gasteiger partial charge in [-0.2, -0.15) is 0 Å². The fraction of sp³-hybridized carbons (Fsp3) is 0.500. The molecule has 1 atom stereocenters. The first-order valence-electron chi connectivity index (χ1n) is 5.21. The van der Waals surface area contributed by atoms with Crippen molar-refractivity contribution in [3.05, 3.63) is 35.4 Å². The number of hydrogen-bond donors (Lipinski definition) is 2. The van der Waals surface area contributed by atoms with E-state index in [1.165, 1.54) is 0 Å². The summed E-state index contributed by atoms with van der Waals surface area (Å²) in [6.07, 6.45) is -2.51. The van der Waals surface area contributed by atoms with Gasteiger partial charge in [-0.1, -0.05) is 45.0 Å². The normalized spacial score (nSPS) is 14.2. The van der Waals surface area contributed by atoms with Gasteiger partial charge >= 0.3 is 0 Å². The molecule has 0 amide bonds. The van der Waals surface area contributed by atoms with E-state index in [4.69, 9.17) is 5.84 Å². The minimum absolute atomic E-state index is 0.0228. The summed E-state index contributed by atoms with van der Waals surface area (Å²) < 4.78 is 25.2. The summed E-state index contributed by atoms with van der Waals surface area (Å²) in [5.74, 6) is 5.10. The molecule has 0 radical (unpaired) electrons. The first-order valence-corrected chi connectivity index (χ1v) is 5.21. The average molecular weight is 228 g/mol. The second kappa shape index (κ2) is 4.89. The van der Waals surface area contributed by atoms with Crippen molar-refractivity contribution in [1.82, 2.24) is 5.43 Å². The maximum absolute atomic E-state index is 12.6. The molecule has 0 aromatic heterocycles. The lowest BCUT2D eigenvalue weighted by molar-refractivity contribution is 0.0986. The van der Waals surface area contributed by atoms with Crippen LogP contribution in [0.1, 0.15) is 37.9 Å². The quantitative estimate of drug-likeness (QED) is 0.616. The highest BCUT2D eigenvalue weighted by molar-refractivity contribution is 5.29. The first-order chi connectivity index (χ1) is 7.36. The molecule has 1 rings (SSSR count). The molecule has 0 spiro atoms. The van der Waals surface area contributed by atoms with Gasteiger partial charge in [-0.15, -0.1) is 0 Å². The van der Waals surface area contributed by atoms with Crippen molar-refractivity contribution in [2.24, 2.45) is 5.84 Å². The van der Waals surface area contributed by atoms with Gasteiger partial charge in [-0.25, -0.2) is 14.2 Å². The highest BCUT2D eigenvalue weighted by Crippen LogP contribution is 2.25. The van der Waals surface area contributed by atoms with Crippen LogP contribution in [0, 0.1) is 0 Å². The summed E-state index contributed by atoms with van der Waals surface area (Å²) in [6, 6.07) is 6.01. The number of hydrogen-bond acceptors (Lipinski definition) is 2. The van der Waals surface area contributed by atoms with Crippen molar-refractivity contribution in [3.8, 4) is 0 Å². The minimum Gasteiger partial charge on any atom is -0.271 e. The van der Waals surface area contributed by atoms with E-state index in [2.05, 4.69) is 26.2 Å². The van der Waals surface area contributed by atoms with Gasteiger partial charge in [0.1, 0.15) is 6.04 Å². The number of benzene rings is 1. The third-order valence-corrected chi connectivity index (χ3v) is 2.57. The Morgan fingerprint density at radius 1 is 1.12 bits per heavy atom. The lowest BCUT2D eigenvalue weighted by atomic mass is 9.86. The molecule has 0 bridgehead atoms. The molecule has 0 aliphatic heterocycles. The highest BCUT2D eigenvalue weighted by atomic mass is 19.3. The van der Waals surface area contributed by atoms with E-state index >= 15 is 0 Å². The molecule has 90 valence electrons. The Morgan fingerprint density at radius 2 is 1.62 bits per heavy atom. The maximum atomic E-state index is 12.6. The van der Waals surface area contributed by atoms with Crippen LogP contribution >= 0.6 is 0 Å². The topological polar surface area (TPSA) is 38.0 Å². The van der Waals surface area contributed by atoms with Gasteiger partial charge < -0.3 is 0 Å². The molecule has 3 N–H and O–H groups in total. The summed E-state index contributed by atoms with van der Waals surface area (Å²) in [4.78, 5) is 0. The Hall–Kier alpha value is -1.00. The third-order valence-electron chi connectivity index (χ3n) is 2.57. The van der Waals surface area contributed by atoms with E-state index in [-0.39, 0.29) is 5.41 Å². The van der Waals surface area contributed by atoms with E-state index in [1.807, 2.05) is 12.1 Å². The Kier molecular flexibility index (Phi) is 3.99. The summed E-state index contributed by atoms with van der Waals surface area (Å²) in [5.41, 5.74) is 3.77. The Balaban J connectivity index is 2.94. The molecule has 0 fully saturated rings. The zero-order valence-electron chi connectivity index (χ0n) is 9.80. The van der Waals surface area contributed by atoms with Crippen molar-refractivity contribution >= 4 is 0 Å². The van der Waals surface area contributed by atoms with Crippen LogP contribution in [0.3, 0.4) is 0 Å². The highest BCUT2D eigenvalue weighted by Gasteiger charge is 2.21. The van der Waals surface area contributed by atoms with Crippen molar-refractivity contribution in [2.75, 3.05) is 0 Å². The molecule has 0 heterocycles. The van der Waals surface area contributed by atoms with Crippen molar-refractivity contribution < 1.29 is 8.78 Å². The molecule has 0 aliphatic carbocycles. The Bertz CT molecular complexity index is 328. The third kappa shape index (κ3) is 3.00. The maximum Gasteiger partial charge on any atom is 0.259 e. The van der Waals surface area contributed by atoms with Crippen LogP contribution in [0.5, 0.6) is 0 Å². The minimum atomic E-state index is -2.51. The molecular weight excluding hydrogens is 210 g/mol. The molecule has 0 aliphatic rings. The van der Waals surface area contributed by atoms with Gasteiger partial charge in [-0.3, -0.25) is 5.84 Å². The molecule has 1 aromatic rings. The van der Waals surface area contributed by atoms with Gasteiger partial charge in [-0.05, 0) is 16.5 Å². The fourth-order valence-electron chi connectivity index (χ4n) is 1.50. The number of halogens is 2. The molecule has 1 aromatic carbocycles. The van der Waals surface area contributed by atoms with Crippen LogP contribution < -0.4 is 11.3 Å². The Morgan fingerprint density at radius 3 is 1.94 bits per heavy atom. The van der Waals surface area contributed by atoms with Crippen molar-refractivity contribution in [3.63, 3.8) is 0 Å². The number of nitrogens with one attached hydrogen (secondary N) is 1. The molecular formula is C12H18F2N2. The predicted octanol–water partition coefficient (Wildman–Crippen LogP) is 2.75. The fourth-order valence-corrected chi connectivity index (χ4v) is 1.50. The van der Waals surface area contributed by atoms with E-state index in [1.54, 1.807) is 12.1 Å². The van der Waals surface area contributed by atoms with Crippen LogP contribution in [0.4, 0.5) is 8.78 Å². The first kappa shape index (κ1) is 13.1. The number of alkyl halides is 2. The summed E-state index contributed by atoms with van der Waals surface area (Å²) in [7, 11) is 0. The van der Waals surface area contributed by atoms with Gasteiger partial charge in [0, 0.05) is 0 Å². The van der Waals surface area contributed by atoms with Crippen molar-refractivity contribution in [2.45, 2.75) is 38.7 Å². The van der Waals surface area contributed by atoms with Crippen molar-refractivity contribution in [1.29, 1.82) is 0 Å². The second-order valence-electron chi connectivity index (χ2n) is 4.85. The Labute approximate surface area is 94.8 Å². The van der Waals surface area contributed by atoms with Gasteiger partial charge in [0.25, 0.3) is 6.43 Å².